The lowest BCUT2D eigenvalue weighted by atomic mass is 10.1. The van der Waals surface area contributed by atoms with Crippen LogP contribution in [-0.2, 0) is 4.79 Å². The molecule has 28 heavy (non-hydrogen) atoms. The number of nitrogens with zero attached hydrogens (tertiary/aromatic N) is 4. The average molecular weight is 371 g/mol. The molecule has 4 aromatic rings. The number of carbonyl (C=O) groups is 1. The Bertz CT molecular complexity index is 1150. The van der Waals surface area contributed by atoms with Crippen molar-refractivity contribution in [3.05, 3.63) is 78.5 Å². The molecule has 7 nitrogen and oxygen atoms in total. The number of ether oxygens (including phenoxy) is 1. The molecule has 0 fully saturated rings. The molecule has 1 amide bonds. The first-order valence-electron chi connectivity index (χ1n) is 8.64. The highest BCUT2D eigenvalue weighted by atomic mass is 16.5. The third kappa shape index (κ3) is 3.59. The topological polar surface area (TPSA) is 81.4 Å². The van der Waals surface area contributed by atoms with Gasteiger partial charge < -0.3 is 4.74 Å². The van der Waals surface area contributed by atoms with E-state index in [-0.39, 0.29) is 11.9 Å². The minimum Gasteiger partial charge on any atom is -0.496 e. The van der Waals surface area contributed by atoms with Gasteiger partial charge in [-0.15, -0.1) is 5.10 Å². The zero-order valence-corrected chi connectivity index (χ0v) is 15.1. The molecule has 0 saturated carbocycles. The molecule has 2 aromatic heterocycles. The molecule has 1 N–H and O–H groups in total. The molecule has 0 saturated heterocycles. The summed E-state index contributed by atoms with van der Waals surface area (Å²) in [4.78, 5) is 20.8. The van der Waals surface area contributed by atoms with Crippen LogP contribution in [0.2, 0.25) is 0 Å². The molecule has 0 unspecified atom stereocenters. The van der Waals surface area contributed by atoms with Crippen LogP contribution in [0.4, 0.5) is 5.95 Å². The van der Waals surface area contributed by atoms with Crippen LogP contribution in [0, 0.1) is 0 Å². The van der Waals surface area contributed by atoms with E-state index in [1.54, 1.807) is 23.9 Å². The van der Waals surface area contributed by atoms with Crippen LogP contribution in [0.5, 0.6) is 5.75 Å². The lowest BCUT2D eigenvalue weighted by Gasteiger charge is -2.03. The molecule has 0 aliphatic rings. The predicted octanol–water partition coefficient (Wildman–Crippen LogP) is 3.45. The largest absolute Gasteiger partial charge is 0.496 e. The highest BCUT2D eigenvalue weighted by molar-refractivity contribution is 6.01. The van der Waals surface area contributed by atoms with E-state index in [4.69, 9.17) is 4.74 Å². The molecule has 0 spiro atoms. The van der Waals surface area contributed by atoms with E-state index in [9.17, 15) is 4.79 Å². The summed E-state index contributed by atoms with van der Waals surface area (Å²) in [6.45, 7) is 0. The number of fused-ring (bicyclic) bond motifs is 1. The van der Waals surface area contributed by atoms with Crippen molar-refractivity contribution in [1.82, 2.24) is 19.6 Å². The van der Waals surface area contributed by atoms with Gasteiger partial charge in [0.25, 0.3) is 17.6 Å². The Balaban J connectivity index is 1.57. The van der Waals surface area contributed by atoms with Crippen molar-refractivity contribution in [2.24, 2.45) is 0 Å². The average Bonchev–Trinajstić information content (AvgIpc) is 3.15. The first-order valence-corrected chi connectivity index (χ1v) is 8.64. The van der Waals surface area contributed by atoms with Gasteiger partial charge in [0.05, 0.1) is 12.8 Å². The second-order valence-electron chi connectivity index (χ2n) is 5.91. The van der Waals surface area contributed by atoms with Crippen molar-refractivity contribution in [3.63, 3.8) is 0 Å². The summed E-state index contributed by atoms with van der Waals surface area (Å²) in [6, 6.07) is 19.1. The number of amides is 1. The normalized spacial score (nSPS) is 11.0. The Labute approximate surface area is 161 Å². The summed E-state index contributed by atoms with van der Waals surface area (Å²) in [5, 5.41) is 7.04. The first-order chi connectivity index (χ1) is 13.7. The molecule has 7 heteroatoms. The fourth-order valence-electron chi connectivity index (χ4n) is 2.80. The van der Waals surface area contributed by atoms with Gasteiger partial charge in [0.2, 0.25) is 0 Å². The van der Waals surface area contributed by atoms with Gasteiger partial charge in [-0.3, -0.25) is 10.1 Å². The molecular weight excluding hydrogens is 354 g/mol. The third-order valence-corrected chi connectivity index (χ3v) is 4.10. The summed E-state index contributed by atoms with van der Waals surface area (Å²) in [6.07, 6.45) is 4.76. The summed E-state index contributed by atoms with van der Waals surface area (Å²) >= 11 is 0. The Morgan fingerprint density at radius 3 is 2.68 bits per heavy atom. The van der Waals surface area contributed by atoms with E-state index in [1.165, 1.54) is 6.08 Å². The van der Waals surface area contributed by atoms with Gasteiger partial charge in [-0.05, 0) is 18.2 Å². The van der Waals surface area contributed by atoms with Gasteiger partial charge in [0.1, 0.15) is 5.75 Å². The Hall–Kier alpha value is -4.00. The number of aromatic nitrogens is 4. The van der Waals surface area contributed by atoms with Crippen molar-refractivity contribution < 1.29 is 9.53 Å². The predicted molar refractivity (Wildman–Crippen MR) is 107 cm³/mol. The van der Waals surface area contributed by atoms with Crippen LogP contribution < -0.4 is 10.1 Å². The van der Waals surface area contributed by atoms with Gasteiger partial charge in [-0.2, -0.15) is 9.50 Å². The zero-order valence-electron chi connectivity index (χ0n) is 15.1. The monoisotopic (exact) mass is 371 g/mol. The zero-order chi connectivity index (χ0) is 19.3. The first kappa shape index (κ1) is 17.4. The van der Waals surface area contributed by atoms with E-state index >= 15 is 0 Å². The number of nitrogens with one attached hydrogen (secondary N) is 1. The molecular formula is C21H17N5O2. The number of benzene rings is 2. The van der Waals surface area contributed by atoms with Crippen molar-refractivity contribution in [2.75, 3.05) is 12.4 Å². The SMILES string of the molecule is COc1ccccc1C=CC(=O)Nc1nc2nccc(-c3ccccc3)n2n1. The van der Waals surface area contributed by atoms with Crippen LogP contribution in [0.3, 0.4) is 0 Å². The van der Waals surface area contributed by atoms with Gasteiger partial charge in [0, 0.05) is 23.4 Å². The number of rotatable bonds is 5. The standard InChI is InChI=1S/C21H17N5O2/c1-28-18-10-6-5-9-16(18)11-12-19(27)23-20-24-21-22-14-13-17(26(21)25-20)15-7-3-2-4-8-15/h2-14H,1H3,(H,23,25,27). The molecule has 2 heterocycles. The van der Waals surface area contributed by atoms with Gasteiger partial charge in [-0.25, -0.2) is 4.98 Å². The molecule has 0 aliphatic carbocycles. The van der Waals surface area contributed by atoms with Crippen LogP contribution in [-0.4, -0.2) is 32.6 Å². The fourth-order valence-corrected chi connectivity index (χ4v) is 2.80. The molecule has 2 aromatic carbocycles. The maximum atomic E-state index is 12.3. The Morgan fingerprint density at radius 2 is 1.86 bits per heavy atom. The highest BCUT2D eigenvalue weighted by Crippen LogP contribution is 2.20. The van der Waals surface area contributed by atoms with Crippen molar-refractivity contribution >= 4 is 23.7 Å². The van der Waals surface area contributed by atoms with Crippen LogP contribution in [0.25, 0.3) is 23.1 Å². The number of anilines is 1. The van der Waals surface area contributed by atoms with Gasteiger partial charge >= 0.3 is 0 Å². The second kappa shape index (κ2) is 7.71. The van der Waals surface area contributed by atoms with E-state index in [0.717, 1.165) is 16.8 Å². The summed E-state index contributed by atoms with van der Waals surface area (Å²) in [5.74, 6) is 0.938. The van der Waals surface area contributed by atoms with Crippen molar-refractivity contribution in [1.29, 1.82) is 0 Å². The van der Waals surface area contributed by atoms with E-state index in [0.29, 0.717) is 11.5 Å². The Kier molecular flexibility index (Phi) is 4.79. The Morgan fingerprint density at radius 1 is 1.07 bits per heavy atom. The van der Waals surface area contributed by atoms with Crippen LogP contribution in [0.1, 0.15) is 5.56 Å². The number of hydrogen-bond acceptors (Lipinski definition) is 5. The molecule has 138 valence electrons. The molecule has 4 rings (SSSR count). The summed E-state index contributed by atoms with van der Waals surface area (Å²) < 4.78 is 6.88. The van der Waals surface area contributed by atoms with Crippen LogP contribution in [0.15, 0.2) is 72.9 Å². The van der Waals surface area contributed by atoms with Gasteiger partial charge in [0.15, 0.2) is 0 Å². The number of carbonyl (C=O) groups excluding carboxylic acids is 1. The van der Waals surface area contributed by atoms with E-state index < -0.39 is 0 Å². The van der Waals surface area contributed by atoms with E-state index in [1.807, 2.05) is 60.7 Å². The number of methoxy groups -OCH3 is 1. The molecule has 0 bridgehead atoms. The number of hydrogen-bond donors (Lipinski definition) is 1. The minimum atomic E-state index is -0.344. The maximum absolute atomic E-state index is 12.3. The second-order valence-corrected chi connectivity index (χ2v) is 5.91. The quantitative estimate of drug-likeness (QED) is 0.544. The summed E-state index contributed by atoms with van der Waals surface area (Å²) in [7, 11) is 1.59. The van der Waals surface area contributed by atoms with Crippen LogP contribution >= 0.6 is 0 Å². The number of para-hydroxylation sites is 1. The molecule has 0 aliphatic heterocycles. The highest BCUT2D eigenvalue weighted by Gasteiger charge is 2.11. The maximum Gasteiger partial charge on any atom is 0.254 e. The van der Waals surface area contributed by atoms with Crippen molar-refractivity contribution in [3.8, 4) is 17.0 Å². The summed E-state index contributed by atoms with van der Waals surface area (Å²) in [5.41, 5.74) is 2.62. The fraction of sp³-hybridized carbons (Fsp3) is 0.0476. The third-order valence-electron chi connectivity index (χ3n) is 4.10. The minimum absolute atomic E-state index is 0.186. The lowest BCUT2D eigenvalue weighted by molar-refractivity contribution is -0.111. The van der Waals surface area contributed by atoms with Gasteiger partial charge in [-0.1, -0.05) is 48.5 Å². The molecule has 0 atom stereocenters. The smallest absolute Gasteiger partial charge is 0.254 e. The van der Waals surface area contributed by atoms with E-state index in [2.05, 4.69) is 20.4 Å². The van der Waals surface area contributed by atoms with Crippen molar-refractivity contribution in [2.45, 2.75) is 0 Å². The lowest BCUT2D eigenvalue weighted by Crippen LogP contribution is -2.09. The molecule has 0 radical (unpaired) electrons.